The number of ether oxygens (including phenoxy) is 2. The van der Waals surface area contributed by atoms with E-state index in [1.807, 2.05) is 0 Å². The van der Waals surface area contributed by atoms with E-state index in [1.165, 1.54) is 0 Å². The van der Waals surface area contributed by atoms with Gasteiger partial charge in [-0.15, -0.1) is 0 Å². The van der Waals surface area contributed by atoms with Gasteiger partial charge in [-0.2, -0.15) is 0 Å². The third kappa shape index (κ3) is 1.16. The van der Waals surface area contributed by atoms with Gasteiger partial charge in [-0.05, 0) is 13.3 Å². The average Bonchev–Trinajstić information content (AvgIpc) is 2.74. The second kappa shape index (κ2) is 2.87. The molecule has 1 heterocycles. The van der Waals surface area contributed by atoms with Crippen LogP contribution < -0.4 is 0 Å². The minimum absolute atomic E-state index is 0.0239. The Balaban J connectivity index is 1.81. The Bertz CT molecular complexity index is 396. The summed E-state index contributed by atoms with van der Waals surface area (Å²) in [5.41, 5.74) is -0.0494. The van der Waals surface area contributed by atoms with Gasteiger partial charge in [-0.25, -0.2) is 4.79 Å². The lowest BCUT2D eigenvalue weighted by Gasteiger charge is -2.27. The number of esters is 2. The van der Waals surface area contributed by atoms with E-state index < -0.39 is 5.60 Å². The summed E-state index contributed by atoms with van der Waals surface area (Å²) in [5.74, 6) is -0.239. The first-order chi connectivity index (χ1) is 7.51. The summed E-state index contributed by atoms with van der Waals surface area (Å²) in [6, 6.07) is 0. The molecule has 1 saturated heterocycles. The summed E-state index contributed by atoms with van der Waals surface area (Å²) < 4.78 is 10.8. The molecule has 4 nitrogen and oxygen atoms in total. The highest BCUT2D eigenvalue weighted by atomic mass is 16.6. The van der Waals surface area contributed by atoms with Crippen molar-refractivity contribution in [2.45, 2.75) is 37.9 Å². The first-order valence-electron chi connectivity index (χ1n) is 5.60. The standard InChI is InChI=1S/C12H14O4/c1-6(2)10(13)16-12-3-7-8(4-12)11(14)15-9(7)5-12/h7-9H,1,3-5H2,2H3. The molecule has 4 atom stereocenters. The highest BCUT2D eigenvalue weighted by Gasteiger charge is 2.65. The van der Waals surface area contributed by atoms with Crippen LogP contribution in [-0.2, 0) is 19.1 Å². The zero-order valence-electron chi connectivity index (χ0n) is 9.19. The summed E-state index contributed by atoms with van der Waals surface area (Å²) in [6.07, 6.45) is 2.04. The van der Waals surface area contributed by atoms with Crippen LogP contribution in [0.5, 0.6) is 0 Å². The Labute approximate surface area is 93.6 Å². The molecule has 0 aromatic carbocycles. The lowest BCUT2D eigenvalue weighted by Crippen LogP contribution is -2.33. The minimum Gasteiger partial charge on any atom is -0.462 e. The Morgan fingerprint density at radius 3 is 2.81 bits per heavy atom. The first-order valence-corrected chi connectivity index (χ1v) is 5.60. The summed E-state index contributed by atoms with van der Waals surface area (Å²) in [7, 11) is 0. The van der Waals surface area contributed by atoms with Crippen LogP contribution in [0.4, 0.5) is 0 Å². The van der Waals surface area contributed by atoms with E-state index >= 15 is 0 Å². The summed E-state index contributed by atoms with van der Waals surface area (Å²) in [5, 5.41) is 0. The molecule has 0 spiro atoms. The zero-order valence-corrected chi connectivity index (χ0v) is 9.19. The maximum atomic E-state index is 11.5. The van der Waals surface area contributed by atoms with Gasteiger partial charge in [0.05, 0.1) is 5.92 Å². The van der Waals surface area contributed by atoms with Crippen LogP contribution in [0.3, 0.4) is 0 Å². The maximum absolute atomic E-state index is 11.5. The molecule has 0 amide bonds. The highest BCUT2D eigenvalue weighted by Crippen LogP contribution is 2.58. The van der Waals surface area contributed by atoms with Gasteiger partial charge in [0.25, 0.3) is 0 Å². The van der Waals surface area contributed by atoms with Gasteiger partial charge >= 0.3 is 11.9 Å². The third-order valence-electron chi connectivity index (χ3n) is 4.00. The third-order valence-corrected chi connectivity index (χ3v) is 4.00. The van der Waals surface area contributed by atoms with Crippen LogP contribution in [-0.4, -0.2) is 23.6 Å². The van der Waals surface area contributed by atoms with Crippen molar-refractivity contribution < 1.29 is 19.1 Å². The van der Waals surface area contributed by atoms with Gasteiger partial charge in [-0.3, -0.25) is 4.79 Å². The fourth-order valence-corrected chi connectivity index (χ4v) is 3.32. The van der Waals surface area contributed by atoms with Gasteiger partial charge in [0.1, 0.15) is 11.7 Å². The largest absolute Gasteiger partial charge is 0.462 e. The molecular formula is C12H14O4. The average molecular weight is 222 g/mol. The lowest BCUT2D eigenvalue weighted by atomic mass is 9.88. The predicted octanol–water partition coefficient (Wildman–Crippen LogP) is 1.20. The number of hydrogen-bond acceptors (Lipinski definition) is 4. The maximum Gasteiger partial charge on any atom is 0.333 e. The summed E-state index contributed by atoms with van der Waals surface area (Å²) in [4.78, 5) is 23.0. The van der Waals surface area contributed by atoms with Gasteiger partial charge < -0.3 is 9.47 Å². The van der Waals surface area contributed by atoms with Crippen molar-refractivity contribution in [1.29, 1.82) is 0 Å². The van der Waals surface area contributed by atoms with Crippen molar-refractivity contribution >= 4 is 11.9 Å². The lowest BCUT2D eigenvalue weighted by molar-refractivity contribution is -0.154. The van der Waals surface area contributed by atoms with Crippen LogP contribution >= 0.6 is 0 Å². The molecule has 3 fully saturated rings. The minimum atomic E-state index is -0.456. The van der Waals surface area contributed by atoms with Crippen molar-refractivity contribution in [3.05, 3.63) is 12.2 Å². The van der Waals surface area contributed by atoms with E-state index in [1.54, 1.807) is 6.92 Å². The van der Waals surface area contributed by atoms with Crippen molar-refractivity contribution in [3.8, 4) is 0 Å². The van der Waals surface area contributed by atoms with Crippen molar-refractivity contribution in [2.75, 3.05) is 0 Å². The van der Waals surface area contributed by atoms with Gasteiger partial charge in [0.15, 0.2) is 0 Å². The Hall–Kier alpha value is -1.32. The van der Waals surface area contributed by atoms with Gasteiger partial charge in [-0.1, -0.05) is 6.58 Å². The first kappa shape index (κ1) is 9.87. The molecule has 0 radical (unpaired) electrons. The van der Waals surface area contributed by atoms with Gasteiger partial charge in [0.2, 0.25) is 0 Å². The van der Waals surface area contributed by atoms with E-state index in [9.17, 15) is 9.59 Å². The molecule has 4 heteroatoms. The van der Waals surface area contributed by atoms with E-state index in [-0.39, 0.29) is 29.9 Å². The second-order valence-electron chi connectivity index (χ2n) is 5.21. The summed E-state index contributed by atoms with van der Waals surface area (Å²) in [6.45, 7) is 5.21. The van der Waals surface area contributed by atoms with Crippen LogP contribution in [0.1, 0.15) is 26.2 Å². The van der Waals surface area contributed by atoms with E-state index in [4.69, 9.17) is 9.47 Å². The highest BCUT2D eigenvalue weighted by molar-refractivity contribution is 5.87. The molecule has 2 aliphatic carbocycles. The van der Waals surface area contributed by atoms with Crippen molar-refractivity contribution in [1.82, 2.24) is 0 Å². The summed E-state index contributed by atoms with van der Waals surface area (Å²) >= 11 is 0. The number of hydrogen-bond donors (Lipinski definition) is 0. The molecule has 0 aromatic heterocycles. The van der Waals surface area contributed by atoms with Gasteiger partial charge in [0, 0.05) is 24.3 Å². The molecular weight excluding hydrogens is 208 g/mol. The molecule has 2 bridgehead atoms. The molecule has 16 heavy (non-hydrogen) atoms. The second-order valence-corrected chi connectivity index (χ2v) is 5.21. The molecule has 3 rings (SSSR count). The number of rotatable bonds is 2. The Kier molecular flexibility index (Phi) is 1.77. The molecule has 1 aliphatic heterocycles. The van der Waals surface area contributed by atoms with E-state index in [2.05, 4.69) is 6.58 Å². The topological polar surface area (TPSA) is 52.6 Å². The molecule has 86 valence electrons. The Morgan fingerprint density at radius 2 is 2.25 bits per heavy atom. The van der Waals surface area contributed by atoms with Crippen LogP contribution in [0.25, 0.3) is 0 Å². The zero-order chi connectivity index (χ0) is 11.5. The van der Waals surface area contributed by atoms with Crippen LogP contribution in [0, 0.1) is 11.8 Å². The van der Waals surface area contributed by atoms with E-state index in [0.717, 1.165) is 6.42 Å². The Morgan fingerprint density at radius 1 is 1.50 bits per heavy atom. The smallest absolute Gasteiger partial charge is 0.333 e. The van der Waals surface area contributed by atoms with Crippen molar-refractivity contribution in [2.24, 2.45) is 11.8 Å². The molecule has 0 aromatic rings. The van der Waals surface area contributed by atoms with Crippen molar-refractivity contribution in [3.63, 3.8) is 0 Å². The fraction of sp³-hybridized carbons (Fsp3) is 0.667. The normalized spacial score (nSPS) is 43.3. The number of carbonyl (C=O) groups is 2. The molecule has 3 aliphatic rings. The van der Waals surface area contributed by atoms with Crippen LogP contribution in [0.2, 0.25) is 0 Å². The number of carbonyl (C=O) groups excluding carboxylic acids is 2. The van der Waals surface area contributed by atoms with E-state index in [0.29, 0.717) is 18.4 Å². The fourth-order valence-electron chi connectivity index (χ4n) is 3.32. The number of fused-ring (bicyclic) bond motifs is 1. The molecule has 0 N–H and O–H groups in total. The predicted molar refractivity (Wildman–Crippen MR) is 54.3 cm³/mol. The SMILES string of the molecule is C=C(C)C(=O)OC12CC3OC(=O)C(C1)C3C2. The van der Waals surface area contributed by atoms with Crippen LogP contribution in [0.15, 0.2) is 12.2 Å². The quantitative estimate of drug-likeness (QED) is 0.520. The molecule has 2 saturated carbocycles. The molecule has 4 unspecified atom stereocenters. The monoisotopic (exact) mass is 222 g/mol.